The summed E-state index contributed by atoms with van der Waals surface area (Å²) in [6, 6.07) is 5.22. The second-order valence-corrected chi connectivity index (χ2v) is 4.96. The molecule has 1 aromatic rings. The minimum atomic E-state index is -4.19. The van der Waals surface area contributed by atoms with Gasteiger partial charge >= 0.3 is 0 Å². The van der Waals surface area contributed by atoms with Crippen LogP contribution in [-0.4, -0.2) is 21.4 Å². The SMILES string of the molecule is O=[SH](=O)NCc1ccc(S(=O)(=O)O)cc1. The molecule has 0 amide bonds. The van der Waals surface area contributed by atoms with Gasteiger partial charge in [-0.05, 0) is 17.7 Å². The van der Waals surface area contributed by atoms with E-state index in [1.807, 2.05) is 0 Å². The van der Waals surface area contributed by atoms with Crippen molar-refractivity contribution in [1.29, 1.82) is 0 Å². The molecule has 1 rings (SSSR count). The lowest BCUT2D eigenvalue weighted by molar-refractivity contribution is 0.483. The largest absolute Gasteiger partial charge is 0.294 e. The van der Waals surface area contributed by atoms with E-state index in [9.17, 15) is 16.8 Å². The molecule has 0 saturated carbocycles. The zero-order valence-corrected chi connectivity index (χ0v) is 9.16. The molecule has 6 nitrogen and oxygen atoms in total. The maximum absolute atomic E-state index is 10.7. The van der Waals surface area contributed by atoms with Gasteiger partial charge in [-0.15, -0.1) is 0 Å². The average Bonchev–Trinajstić information content (AvgIpc) is 2.14. The Morgan fingerprint density at radius 3 is 2.13 bits per heavy atom. The molecule has 0 fully saturated rings. The summed E-state index contributed by atoms with van der Waals surface area (Å²) in [6.07, 6.45) is 0. The van der Waals surface area contributed by atoms with Crippen molar-refractivity contribution in [2.24, 2.45) is 0 Å². The van der Waals surface area contributed by atoms with Crippen molar-refractivity contribution < 1.29 is 21.4 Å². The lowest BCUT2D eigenvalue weighted by Gasteiger charge is -2.00. The molecule has 0 saturated heterocycles. The van der Waals surface area contributed by atoms with Gasteiger partial charge in [0.25, 0.3) is 10.1 Å². The number of benzene rings is 1. The van der Waals surface area contributed by atoms with Gasteiger partial charge in [0.1, 0.15) is 0 Å². The topological polar surface area (TPSA) is 101 Å². The van der Waals surface area contributed by atoms with Gasteiger partial charge in [0.15, 0.2) is 0 Å². The van der Waals surface area contributed by atoms with Crippen LogP contribution in [0.2, 0.25) is 0 Å². The van der Waals surface area contributed by atoms with Crippen molar-refractivity contribution in [2.45, 2.75) is 11.4 Å². The number of hydrogen-bond donors (Lipinski definition) is 3. The Balaban J connectivity index is 2.82. The molecule has 0 heterocycles. The normalized spacial score (nSPS) is 11.9. The molecule has 0 aliphatic heterocycles. The molecule has 0 spiro atoms. The Labute approximate surface area is 88.8 Å². The lowest BCUT2D eigenvalue weighted by Crippen LogP contribution is -2.10. The molecular formula is C7H9NO5S2. The Morgan fingerprint density at radius 2 is 1.73 bits per heavy atom. The molecule has 0 bridgehead atoms. The Morgan fingerprint density at radius 1 is 1.20 bits per heavy atom. The summed E-state index contributed by atoms with van der Waals surface area (Å²) in [6.45, 7) is 0.0878. The van der Waals surface area contributed by atoms with Gasteiger partial charge < -0.3 is 0 Å². The van der Waals surface area contributed by atoms with E-state index >= 15 is 0 Å². The summed E-state index contributed by atoms with van der Waals surface area (Å²) in [7, 11) is -6.86. The van der Waals surface area contributed by atoms with Crippen LogP contribution >= 0.6 is 0 Å². The van der Waals surface area contributed by atoms with E-state index in [4.69, 9.17) is 4.55 Å². The molecular weight excluding hydrogens is 242 g/mol. The highest BCUT2D eigenvalue weighted by atomic mass is 32.2. The maximum atomic E-state index is 10.7. The Hall–Kier alpha value is -0.960. The number of thiol groups is 1. The van der Waals surface area contributed by atoms with Crippen LogP contribution in [0.5, 0.6) is 0 Å². The summed E-state index contributed by atoms with van der Waals surface area (Å²) in [4.78, 5) is -0.224. The zero-order valence-electron chi connectivity index (χ0n) is 7.45. The molecule has 0 aliphatic carbocycles. The number of rotatable bonds is 4. The minimum Gasteiger partial charge on any atom is -0.282 e. The van der Waals surface area contributed by atoms with Crippen LogP contribution in [0.1, 0.15) is 5.56 Å². The van der Waals surface area contributed by atoms with Gasteiger partial charge in [0.2, 0.25) is 10.9 Å². The molecule has 1 aromatic carbocycles. The molecule has 15 heavy (non-hydrogen) atoms. The van der Waals surface area contributed by atoms with Crippen molar-refractivity contribution in [3.63, 3.8) is 0 Å². The van der Waals surface area contributed by atoms with E-state index < -0.39 is 21.0 Å². The second-order valence-electron chi connectivity index (χ2n) is 2.71. The summed E-state index contributed by atoms with van der Waals surface area (Å²) < 4.78 is 52.5. The lowest BCUT2D eigenvalue weighted by atomic mass is 10.2. The van der Waals surface area contributed by atoms with Crippen LogP contribution in [0.25, 0.3) is 0 Å². The molecule has 8 heteroatoms. The van der Waals surface area contributed by atoms with Gasteiger partial charge in [-0.3, -0.25) is 4.55 Å². The third-order valence-electron chi connectivity index (χ3n) is 1.63. The maximum Gasteiger partial charge on any atom is 0.294 e. The summed E-state index contributed by atoms with van der Waals surface area (Å²) in [5.41, 5.74) is 0.599. The van der Waals surface area contributed by atoms with E-state index in [0.29, 0.717) is 5.56 Å². The third kappa shape index (κ3) is 3.96. The van der Waals surface area contributed by atoms with Crippen molar-refractivity contribution in [3.05, 3.63) is 29.8 Å². The quantitative estimate of drug-likeness (QED) is 0.497. The van der Waals surface area contributed by atoms with Crippen molar-refractivity contribution in [1.82, 2.24) is 4.72 Å². The van der Waals surface area contributed by atoms with E-state index in [-0.39, 0.29) is 11.4 Å². The van der Waals surface area contributed by atoms with E-state index in [1.165, 1.54) is 24.3 Å². The van der Waals surface area contributed by atoms with Crippen molar-refractivity contribution >= 4 is 21.0 Å². The van der Waals surface area contributed by atoms with Crippen LogP contribution < -0.4 is 4.72 Å². The van der Waals surface area contributed by atoms with E-state index in [0.717, 1.165) is 0 Å². The average molecular weight is 251 g/mol. The van der Waals surface area contributed by atoms with Gasteiger partial charge in [-0.1, -0.05) is 12.1 Å². The fraction of sp³-hybridized carbons (Fsp3) is 0.143. The fourth-order valence-corrected chi connectivity index (χ4v) is 1.73. The van der Waals surface area contributed by atoms with Crippen LogP contribution in [0.15, 0.2) is 29.2 Å². The molecule has 0 unspecified atom stereocenters. The molecule has 84 valence electrons. The van der Waals surface area contributed by atoms with Crippen LogP contribution in [-0.2, 0) is 27.6 Å². The molecule has 0 atom stereocenters. The number of nitrogens with one attached hydrogen (secondary N) is 1. The highest BCUT2D eigenvalue weighted by Crippen LogP contribution is 2.09. The van der Waals surface area contributed by atoms with Crippen LogP contribution in [0, 0.1) is 0 Å². The zero-order chi connectivity index (χ0) is 11.5. The third-order valence-corrected chi connectivity index (χ3v) is 2.92. The standard InChI is InChI=1S/C7H9NO5S2/c9-14(10)8-5-6-1-3-7(4-2-6)15(11,12)13/h1-4,14H,5H2,(H,8,9,10)(H,11,12,13). The smallest absolute Gasteiger partial charge is 0.282 e. The van der Waals surface area contributed by atoms with Crippen molar-refractivity contribution in [3.8, 4) is 0 Å². The highest BCUT2D eigenvalue weighted by Gasteiger charge is 2.07. The van der Waals surface area contributed by atoms with Gasteiger partial charge in [-0.25, -0.2) is 13.1 Å². The molecule has 0 radical (unpaired) electrons. The first kappa shape index (κ1) is 12.1. The molecule has 0 aromatic heterocycles. The van der Waals surface area contributed by atoms with E-state index in [1.54, 1.807) is 0 Å². The van der Waals surface area contributed by atoms with Crippen LogP contribution in [0.3, 0.4) is 0 Å². The first-order valence-electron chi connectivity index (χ1n) is 3.84. The Bertz CT molecular complexity index is 495. The van der Waals surface area contributed by atoms with Gasteiger partial charge in [0.05, 0.1) is 4.90 Å². The second kappa shape index (κ2) is 4.71. The highest BCUT2D eigenvalue weighted by molar-refractivity contribution is 7.85. The summed E-state index contributed by atoms with van der Waals surface area (Å²) >= 11 is 0. The van der Waals surface area contributed by atoms with Crippen LogP contribution in [0.4, 0.5) is 0 Å². The molecule has 2 N–H and O–H groups in total. The first-order valence-corrected chi connectivity index (χ1v) is 6.45. The fourth-order valence-electron chi connectivity index (χ4n) is 0.935. The summed E-state index contributed by atoms with van der Waals surface area (Å²) in [5.74, 6) is 0. The summed E-state index contributed by atoms with van der Waals surface area (Å²) in [5, 5.41) is 0. The monoisotopic (exact) mass is 251 g/mol. The minimum absolute atomic E-state index is 0.0878. The van der Waals surface area contributed by atoms with E-state index in [2.05, 4.69) is 4.72 Å². The van der Waals surface area contributed by atoms with Crippen molar-refractivity contribution in [2.75, 3.05) is 0 Å². The predicted molar refractivity (Wildman–Crippen MR) is 53.4 cm³/mol. The van der Waals surface area contributed by atoms with Gasteiger partial charge in [-0.2, -0.15) is 8.42 Å². The number of hydrogen-bond acceptors (Lipinski definition) is 4. The predicted octanol–water partition coefficient (Wildman–Crippen LogP) is -0.451. The molecule has 0 aliphatic rings. The van der Waals surface area contributed by atoms with Gasteiger partial charge in [0, 0.05) is 6.54 Å². The first-order chi connectivity index (χ1) is 6.89. The Kier molecular flexibility index (Phi) is 3.80.